The van der Waals surface area contributed by atoms with Crippen molar-refractivity contribution in [2.45, 2.75) is 33.2 Å². The molecule has 1 fully saturated rings. The highest BCUT2D eigenvalue weighted by atomic mass is 16.5. The van der Waals surface area contributed by atoms with Crippen LogP contribution in [0.1, 0.15) is 32.3 Å². The molecule has 0 amide bonds. The van der Waals surface area contributed by atoms with E-state index in [9.17, 15) is 4.79 Å². The number of hydrogen-bond acceptors (Lipinski definition) is 6. The summed E-state index contributed by atoms with van der Waals surface area (Å²) in [6, 6.07) is 8.13. The van der Waals surface area contributed by atoms with Crippen molar-refractivity contribution < 1.29 is 34.1 Å². The molecule has 1 aromatic carbocycles. The Hall–Kier alpha value is -2.61. The first-order valence-electron chi connectivity index (χ1n) is 8.94. The second-order valence-electron chi connectivity index (χ2n) is 5.98. The lowest BCUT2D eigenvalue weighted by molar-refractivity contribution is -0.159. The number of hydrogen-bond donors (Lipinski definition) is 2. The minimum absolute atomic E-state index is 0.0120. The van der Waals surface area contributed by atoms with Gasteiger partial charge in [0.25, 0.3) is 0 Å². The number of para-hydroxylation sites is 1. The van der Waals surface area contributed by atoms with Crippen molar-refractivity contribution in [2.24, 2.45) is 5.92 Å². The van der Waals surface area contributed by atoms with E-state index >= 15 is 0 Å². The first-order chi connectivity index (χ1) is 12.9. The Labute approximate surface area is 158 Å². The molecule has 0 radical (unpaired) electrons. The van der Waals surface area contributed by atoms with E-state index in [1.165, 1.54) is 5.56 Å². The van der Waals surface area contributed by atoms with E-state index in [-0.39, 0.29) is 11.9 Å². The van der Waals surface area contributed by atoms with Crippen LogP contribution in [0.3, 0.4) is 0 Å². The Bertz CT molecular complexity index is 620. The van der Waals surface area contributed by atoms with Gasteiger partial charge in [-0.05, 0) is 39.3 Å². The van der Waals surface area contributed by atoms with Crippen LogP contribution in [0.2, 0.25) is 0 Å². The third-order valence-electron chi connectivity index (χ3n) is 3.97. The van der Waals surface area contributed by atoms with Gasteiger partial charge in [-0.3, -0.25) is 9.69 Å². The van der Waals surface area contributed by atoms with Gasteiger partial charge in [-0.15, -0.1) is 0 Å². The van der Waals surface area contributed by atoms with Gasteiger partial charge < -0.3 is 19.7 Å². The zero-order valence-electron chi connectivity index (χ0n) is 15.7. The average molecular weight is 381 g/mol. The second-order valence-corrected chi connectivity index (χ2v) is 5.98. The number of carboxylic acid groups (broad SMARTS) is 2. The number of benzene rings is 1. The predicted octanol–water partition coefficient (Wildman–Crippen LogP) is 2.02. The highest BCUT2D eigenvalue weighted by molar-refractivity contribution is 6.27. The highest BCUT2D eigenvalue weighted by Gasteiger charge is 2.27. The Balaban J connectivity index is 0.000000527. The molecule has 1 aromatic rings. The Kier molecular flexibility index (Phi) is 9.89. The van der Waals surface area contributed by atoms with Gasteiger partial charge in [0.15, 0.2) is 0 Å². The van der Waals surface area contributed by atoms with Crippen LogP contribution >= 0.6 is 0 Å². The number of ether oxygens (including phenoxy) is 2. The van der Waals surface area contributed by atoms with Crippen LogP contribution < -0.4 is 4.74 Å². The minimum atomic E-state index is -1.82. The van der Waals surface area contributed by atoms with Crippen LogP contribution in [-0.2, 0) is 25.7 Å². The normalized spacial score (nSPS) is 16.6. The number of likely N-dealkylation sites (tertiary alicyclic amines) is 1. The largest absolute Gasteiger partial charge is 0.494 e. The molecule has 8 heteroatoms. The smallest absolute Gasteiger partial charge is 0.414 e. The summed E-state index contributed by atoms with van der Waals surface area (Å²) in [6.45, 7) is 7.61. The van der Waals surface area contributed by atoms with E-state index in [2.05, 4.69) is 11.0 Å². The number of carboxylic acids is 2. The molecule has 0 saturated carbocycles. The van der Waals surface area contributed by atoms with Crippen LogP contribution in [0.5, 0.6) is 5.75 Å². The summed E-state index contributed by atoms with van der Waals surface area (Å²) in [6.07, 6.45) is 1.97. The lowest BCUT2D eigenvalue weighted by Gasteiger charge is -2.31. The molecule has 0 bridgehead atoms. The number of piperidine rings is 1. The summed E-state index contributed by atoms with van der Waals surface area (Å²) >= 11 is 0. The fourth-order valence-electron chi connectivity index (χ4n) is 2.82. The molecule has 1 saturated heterocycles. The summed E-state index contributed by atoms with van der Waals surface area (Å²) in [5, 5.41) is 14.8. The van der Waals surface area contributed by atoms with E-state index < -0.39 is 11.9 Å². The summed E-state index contributed by atoms with van der Waals surface area (Å²) in [5.74, 6) is -2.75. The molecule has 1 heterocycles. The summed E-state index contributed by atoms with van der Waals surface area (Å²) in [4.78, 5) is 32.4. The summed E-state index contributed by atoms with van der Waals surface area (Å²) < 4.78 is 10.8. The second kappa shape index (κ2) is 11.9. The van der Waals surface area contributed by atoms with Gasteiger partial charge in [0.2, 0.25) is 0 Å². The molecule has 0 aliphatic carbocycles. The first kappa shape index (κ1) is 22.4. The molecule has 1 atom stereocenters. The molecule has 2 rings (SSSR count). The van der Waals surface area contributed by atoms with Crippen molar-refractivity contribution in [3.8, 4) is 5.75 Å². The van der Waals surface area contributed by atoms with Crippen molar-refractivity contribution in [2.75, 3.05) is 26.3 Å². The number of carbonyl (C=O) groups excluding carboxylic acids is 1. The SMILES string of the molecule is CCOC(=O)C1CCCN(Cc2ccccc2OCC)C1.O=C(O)C(=O)O. The van der Waals surface area contributed by atoms with E-state index in [0.717, 1.165) is 38.2 Å². The van der Waals surface area contributed by atoms with Crippen molar-refractivity contribution in [3.63, 3.8) is 0 Å². The minimum Gasteiger partial charge on any atom is -0.494 e. The lowest BCUT2D eigenvalue weighted by Crippen LogP contribution is -2.39. The molecule has 150 valence electrons. The molecule has 0 spiro atoms. The van der Waals surface area contributed by atoms with Crippen LogP contribution in [0.25, 0.3) is 0 Å². The van der Waals surface area contributed by atoms with Crippen LogP contribution in [-0.4, -0.2) is 59.3 Å². The van der Waals surface area contributed by atoms with Crippen molar-refractivity contribution in [3.05, 3.63) is 29.8 Å². The number of aliphatic carboxylic acids is 2. The van der Waals surface area contributed by atoms with E-state index in [4.69, 9.17) is 29.3 Å². The molecule has 0 aromatic heterocycles. The van der Waals surface area contributed by atoms with Crippen molar-refractivity contribution in [1.82, 2.24) is 4.90 Å². The monoisotopic (exact) mass is 381 g/mol. The molecule has 1 unspecified atom stereocenters. The van der Waals surface area contributed by atoms with Crippen molar-refractivity contribution >= 4 is 17.9 Å². The Morgan fingerprint density at radius 3 is 2.37 bits per heavy atom. The third-order valence-corrected chi connectivity index (χ3v) is 3.97. The van der Waals surface area contributed by atoms with E-state index in [1.807, 2.05) is 32.0 Å². The summed E-state index contributed by atoms with van der Waals surface area (Å²) in [5.41, 5.74) is 1.18. The molecule has 27 heavy (non-hydrogen) atoms. The van der Waals surface area contributed by atoms with Gasteiger partial charge in [0, 0.05) is 18.7 Å². The Morgan fingerprint density at radius 1 is 1.11 bits per heavy atom. The standard InChI is InChI=1S/C17H25NO3.C2H2O4/c1-3-20-16-10-6-5-8-14(16)12-18-11-7-9-15(13-18)17(19)21-4-2;3-1(4)2(5)6/h5-6,8,10,15H,3-4,7,9,11-13H2,1-2H3;(H,3,4)(H,5,6). The topological polar surface area (TPSA) is 113 Å². The maximum absolute atomic E-state index is 11.9. The van der Waals surface area contributed by atoms with Gasteiger partial charge in [-0.2, -0.15) is 0 Å². The van der Waals surface area contributed by atoms with Gasteiger partial charge in [-0.1, -0.05) is 18.2 Å². The Morgan fingerprint density at radius 2 is 1.78 bits per heavy atom. The third kappa shape index (κ3) is 8.08. The van der Waals surface area contributed by atoms with E-state index in [0.29, 0.717) is 13.2 Å². The molecule has 1 aliphatic heterocycles. The van der Waals surface area contributed by atoms with Crippen LogP contribution in [0, 0.1) is 5.92 Å². The maximum Gasteiger partial charge on any atom is 0.414 e. The highest BCUT2D eigenvalue weighted by Crippen LogP contribution is 2.24. The summed E-state index contributed by atoms with van der Waals surface area (Å²) in [7, 11) is 0. The quantitative estimate of drug-likeness (QED) is 0.568. The van der Waals surface area contributed by atoms with Crippen LogP contribution in [0.15, 0.2) is 24.3 Å². The van der Waals surface area contributed by atoms with Crippen LogP contribution in [0.4, 0.5) is 0 Å². The van der Waals surface area contributed by atoms with Gasteiger partial charge in [0.05, 0.1) is 19.1 Å². The number of nitrogens with zero attached hydrogens (tertiary/aromatic N) is 1. The number of carbonyl (C=O) groups is 3. The van der Waals surface area contributed by atoms with Gasteiger partial charge >= 0.3 is 17.9 Å². The fraction of sp³-hybridized carbons (Fsp3) is 0.526. The fourth-order valence-corrected chi connectivity index (χ4v) is 2.82. The molecular formula is C19H27NO7. The number of rotatable bonds is 6. The molecule has 1 aliphatic rings. The van der Waals surface area contributed by atoms with Crippen molar-refractivity contribution in [1.29, 1.82) is 0 Å². The molecule has 2 N–H and O–H groups in total. The molecular weight excluding hydrogens is 354 g/mol. The lowest BCUT2D eigenvalue weighted by atomic mass is 9.97. The molecule has 8 nitrogen and oxygen atoms in total. The van der Waals surface area contributed by atoms with E-state index in [1.54, 1.807) is 0 Å². The zero-order chi connectivity index (χ0) is 20.2. The average Bonchev–Trinajstić information content (AvgIpc) is 2.64. The predicted molar refractivity (Wildman–Crippen MR) is 97.5 cm³/mol. The van der Waals surface area contributed by atoms with Gasteiger partial charge in [-0.25, -0.2) is 9.59 Å². The van der Waals surface area contributed by atoms with Gasteiger partial charge in [0.1, 0.15) is 5.75 Å². The first-order valence-corrected chi connectivity index (χ1v) is 8.94. The zero-order valence-corrected chi connectivity index (χ0v) is 15.7. The maximum atomic E-state index is 11.9. The number of esters is 1.